The number of Topliss-reactive ketones (excluding diaryl/α,β-unsaturated/α-hetero) is 1. The van der Waals surface area contributed by atoms with Crippen molar-refractivity contribution in [3.8, 4) is 11.5 Å². The molecule has 0 spiro atoms. The second-order valence-corrected chi connectivity index (χ2v) is 15.0. The van der Waals surface area contributed by atoms with Crippen molar-refractivity contribution in [3.05, 3.63) is 23.3 Å². The average molecular weight is 417 g/mol. The Balaban J connectivity index is 2.06. The van der Waals surface area contributed by atoms with Crippen LogP contribution in [0.5, 0.6) is 11.5 Å². The van der Waals surface area contributed by atoms with Crippen LogP contribution in [0, 0.1) is 5.92 Å². The van der Waals surface area contributed by atoms with Crippen molar-refractivity contribution in [1.82, 2.24) is 0 Å². The molecule has 0 bridgehead atoms. The maximum absolute atomic E-state index is 12.7. The van der Waals surface area contributed by atoms with E-state index in [-0.39, 0.29) is 28.6 Å². The van der Waals surface area contributed by atoms with Gasteiger partial charge in [0.25, 0.3) is 0 Å². The Hall–Kier alpha value is -1.62. The van der Waals surface area contributed by atoms with E-state index in [9.17, 15) is 9.59 Å². The van der Waals surface area contributed by atoms with Gasteiger partial charge in [-0.25, -0.2) is 0 Å². The summed E-state index contributed by atoms with van der Waals surface area (Å²) in [5.74, 6) is 1.17. The molecule has 0 unspecified atom stereocenters. The van der Waals surface area contributed by atoms with Gasteiger partial charge in [0, 0.05) is 24.3 Å². The molecule has 1 aromatic carbocycles. The first-order valence-corrected chi connectivity index (χ1v) is 14.0. The molecule has 1 aliphatic heterocycles. The van der Waals surface area contributed by atoms with E-state index in [0.29, 0.717) is 25.0 Å². The number of ketones is 1. The molecule has 0 radical (unpaired) electrons. The minimum atomic E-state index is -2.08. The van der Waals surface area contributed by atoms with E-state index in [0.717, 1.165) is 29.7 Å². The monoisotopic (exact) mass is 416 g/mol. The molecule has 160 valence electrons. The third-order valence-electron chi connectivity index (χ3n) is 6.96. The topological polar surface area (TPSA) is 52.6 Å². The van der Waals surface area contributed by atoms with E-state index in [1.807, 2.05) is 6.07 Å². The van der Waals surface area contributed by atoms with Gasteiger partial charge in [0.2, 0.25) is 8.32 Å². The van der Waals surface area contributed by atoms with E-state index in [1.54, 1.807) is 0 Å². The highest BCUT2D eigenvalue weighted by Crippen LogP contribution is 2.50. The molecule has 5 heteroatoms. The van der Waals surface area contributed by atoms with Gasteiger partial charge in [0.1, 0.15) is 17.3 Å². The van der Waals surface area contributed by atoms with Gasteiger partial charge in [0.15, 0.2) is 0 Å². The van der Waals surface area contributed by atoms with Crippen molar-refractivity contribution in [1.29, 1.82) is 0 Å². The quantitative estimate of drug-likeness (QED) is 0.241. The Kier molecular flexibility index (Phi) is 6.28. The maximum atomic E-state index is 12.7. The Morgan fingerprint density at radius 2 is 1.86 bits per heavy atom. The highest BCUT2D eigenvalue weighted by atomic mass is 28.4. The lowest BCUT2D eigenvalue weighted by Crippen LogP contribution is -2.44. The lowest BCUT2D eigenvalue weighted by atomic mass is 9.73. The fourth-order valence-corrected chi connectivity index (χ4v) is 5.14. The molecule has 1 aliphatic carbocycles. The van der Waals surface area contributed by atoms with Gasteiger partial charge in [-0.15, -0.1) is 0 Å². The maximum Gasteiger partial charge on any atom is 0.314 e. The number of esters is 1. The van der Waals surface area contributed by atoms with Crippen molar-refractivity contribution < 1.29 is 18.8 Å². The van der Waals surface area contributed by atoms with Crippen molar-refractivity contribution >= 4 is 20.1 Å². The van der Waals surface area contributed by atoms with Crippen LogP contribution in [0.2, 0.25) is 18.1 Å². The van der Waals surface area contributed by atoms with Crippen LogP contribution in [0.3, 0.4) is 0 Å². The van der Waals surface area contributed by atoms with E-state index < -0.39 is 8.32 Å². The zero-order valence-electron chi connectivity index (χ0n) is 18.9. The summed E-state index contributed by atoms with van der Waals surface area (Å²) in [6.45, 7) is 13.3. The normalized spacial score (nSPS) is 22.0. The smallest absolute Gasteiger partial charge is 0.314 e. The molecule has 1 saturated carbocycles. The summed E-state index contributed by atoms with van der Waals surface area (Å²) in [4.78, 5) is 24.9. The predicted molar refractivity (Wildman–Crippen MR) is 118 cm³/mol. The Morgan fingerprint density at radius 3 is 2.52 bits per heavy atom. The molecule has 2 atom stereocenters. The van der Waals surface area contributed by atoms with Crippen LogP contribution in [0.25, 0.3) is 0 Å². The SMILES string of the molecule is CCCCCc1cc2c(c(O[Si](C)(C)C(C)(C)C)c1)[C@H]1CC(=O)CC[C@H]1C(=O)O2. The first kappa shape index (κ1) is 22.1. The third-order valence-corrected chi connectivity index (χ3v) is 11.3. The summed E-state index contributed by atoms with van der Waals surface area (Å²) in [6.07, 6.45) is 5.86. The molecule has 0 N–H and O–H groups in total. The highest BCUT2D eigenvalue weighted by molar-refractivity contribution is 6.74. The Morgan fingerprint density at radius 1 is 1.14 bits per heavy atom. The van der Waals surface area contributed by atoms with Crippen LogP contribution in [0.1, 0.15) is 83.3 Å². The minimum Gasteiger partial charge on any atom is -0.543 e. The van der Waals surface area contributed by atoms with Crippen LogP contribution in [0.15, 0.2) is 12.1 Å². The molecule has 1 heterocycles. The number of carbonyl (C=O) groups is 2. The molecular weight excluding hydrogens is 380 g/mol. The molecule has 4 nitrogen and oxygen atoms in total. The van der Waals surface area contributed by atoms with E-state index >= 15 is 0 Å². The molecular formula is C24H36O4Si. The molecule has 29 heavy (non-hydrogen) atoms. The van der Waals surface area contributed by atoms with Crippen molar-refractivity contribution in [3.63, 3.8) is 0 Å². The summed E-state index contributed by atoms with van der Waals surface area (Å²) >= 11 is 0. The highest BCUT2D eigenvalue weighted by Gasteiger charge is 2.45. The lowest BCUT2D eigenvalue weighted by Gasteiger charge is -2.40. The summed E-state index contributed by atoms with van der Waals surface area (Å²) in [6, 6.07) is 4.17. The van der Waals surface area contributed by atoms with Gasteiger partial charge in [-0.05, 0) is 55.1 Å². The predicted octanol–water partition coefficient (Wildman–Crippen LogP) is 6.18. The number of rotatable bonds is 6. The number of carbonyl (C=O) groups excluding carboxylic acids is 2. The van der Waals surface area contributed by atoms with Crippen molar-refractivity contribution in [2.75, 3.05) is 0 Å². The van der Waals surface area contributed by atoms with Crippen molar-refractivity contribution in [2.24, 2.45) is 5.92 Å². The third kappa shape index (κ3) is 4.60. The Bertz CT molecular complexity index is 791. The van der Waals surface area contributed by atoms with Gasteiger partial charge in [-0.2, -0.15) is 0 Å². The van der Waals surface area contributed by atoms with E-state index in [4.69, 9.17) is 9.16 Å². The summed E-state index contributed by atoms with van der Waals surface area (Å²) in [5, 5.41) is 0.0607. The number of hydrogen-bond donors (Lipinski definition) is 0. The second-order valence-electron chi connectivity index (χ2n) is 10.2. The molecule has 0 amide bonds. The van der Waals surface area contributed by atoms with Gasteiger partial charge < -0.3 is 9.16 Å². The number of benzene rings is 1. The van der Waals surface area contributed by atoms with Crippen molar-refractivity contribution in [2.45, 2.75) is 96.7 Å². The van der Waals surface area contributed by atoms with Gasteiger partial charge in [0.05, 0.1) is 5.92 Å². The molecule has 2 aliphatic rings. The van der Waals surface area contributed by atoms with Crippen LogP contribution in [0.4, 0.5) is 0 Å². The molecule has 0 aromatic heterocycles. The molecule has 1 aromatic rings. The van der Waals surface area contributed by atoms with Crippen LogP contribution in [-0.2, 0) is 16.0 Å². The molecule has 1 fully saturated rings. The number of unbranched alkanes of at least 4 members (excludes halogenated alkanes) is 2. The van der Waals surface area contributed by atoms with E-state index in [2.05, 4.69) is 46.9 Å². The summed E-state index contributed by atoms with van der Waals surface area (Å²) in [5.41, 5.74) is 2.10. The lowest BCUT2D eigenvalue weighted by molar-refractivity contribution is -0.143. The van der Waals surface area contributed by atoms with Crippen LogP contribution < -0.4 is 9.16 Å². The zero-order valence-corrected chi connectivity index (χ0v) is 19.9. The zero-order chi connectivity index (χ0) is 21.4. The fraction of sp³-hybridized carbons (Fsp3) is 0.667. The van der Waals surface area contributed by atoms with Gasteiger partial charge >= 0.3 is 5.97 Å². The summed E-state index contributed by atoms with van der Waals surface area (Å²) in [7, 11) is -2.08. The van der Waals surface area contributed by atoms with Gasteiger partial charge in [-0.1, -0.05) is 40.5 Å². The average Bonchev–Trinajstić information content (AvgIpc) is 2.60. The number of fused-ring (bicyclic) bond motifs is 3. The fourth-order valence-electron chi connectivity index (χ4n) is 4.12. The van der Waals surface area contributed by atoms with Crippen LogP contribution >= 0.6 is 0 Å². The minimum absolute atomic E-state index is 0.0607. The van der Waals surface area contributed by atoms with E-state index in [1.165, 1.54) is 12.8 Å². The molecule has 3 rings (SSSR count). The van der Waals surface area contributed by atoms with Gasteiger partial charge in [-0.3, -0.25) is 9.59 Å². The number of ether oxygens (including phenoxy) is 1. The largest absolute Gasteiger partial charge is 0.543 e. The molecule has 0 saturated heterocycles. The second kappa shape index (κ2) is 8.25. The van der Waals surface area contributed by atoms with Crippen LogP contribution in [-0.4, -0.2) is 20.1 Å². The summed E-state index contributed by atoms with van der Waals surface area (Å²) < 4.78 is 12.6. The number of hydrogen-bond acceptors (Lipinski definition) is 4. The number of aryl methyl sites for hydroxylation is 1. The first-order valence-electron chi connectivity index (χ1n) is 11.1. The first-order chi connectivity index (χ1) is 13.5. The standard InChI is InChI=1S/C24H36O4Si/c1-7-8-9-10-16-13-20-22(21(14-16)28-29(5,6)24(2,3)4)19-15-17(25)11-12-18(19)23(26)27-20/h13-14,18-19H,7-12,15H2,1-6H3/t18-,19+/m1/s1. The Labute approximate surface area is 176 Å².